The molecule has 1 fully saturated rings. The molecule has 0 saturated carbocycles. The Bertz CT molecular complexity index is 388. The number of piperidine rings is 1. The Labute approximate surface area is 106 Å². The normalized spacial score (nSPS) is 19.3. The smallest absolute Gasteiger partial charge is 0.271 e. The Morgan fingerprint density at radius 3 is 3.06 bits per heavy atom. The molecule has 6 nitrogen and oxygen atoms in total. The summed E-state index contributed by atoms with van der Waals surface area (Å²) in [6.07, 6.45) is 2.27. The maximum absolute atomic E-state index is 11.5. The lowest BCUT2D eigenvalue weighted by Gasteiger charge is -2.22. The number of hydrogen-bond acceptors (Lipinski definition) is 5. The Kier molecular flexibility index (Phi) is 4.46. The molecule has 0 aliphatic carbocycles. The van der Waals surface area contributed by atoms with Gasteiger partial charge in [-0.05, 0) is 32.4 Å². The van der Waals surface area contributed by atoms with Crippen molar-refractivity contribution < 1.29 is 9.53 Å². The van der Waals surface area contributed by atoms with Gasteiger partial charge in [0, 0.05) is 19.2 Å². The van der Waals surface area contributed by atoms with Gasteiger partial charge in [0.2, 0.25) is 5.88 Å². The fourth-order valence-corrected chi connectivity index (χ4v) is 1.85. The van der Waals surface area contributed by atoms with Crippen LogP contribution >= 0.6 is 0 Å². The molecule has 1 saturated heterocycles. The van der Waals surface area contributed by atoms with Crippen molar-refractivity contribution in [3.05, 3.63) is 17.8 Å². The van der Waals surface area contributed by atoms with E-state index < -0.39 is 0 Å². The fourth-order valence-electron chi connectivity index (χ4n) is 1.85. The topological polar surface area (TPSA) is 76.1 Å². The molecule has 2 N–H and O–H groups in total. The third-order valence-electron chi connectivity index (χ3n) is 2.75. The minimum atomic E-state index is -0.212. The van der Waals surface area contributed by atoms with Gasteiger partial charge in [0.05, 0.1) is 0 Å². The number of carbonyl (C=O) groups is 1. The molecule has 2 rings (SSSR count). The van der Waals surface area contributed by atoms with Gasteiger partial charge >= 0.3 is 0 Å². The van der Waals surface area contributed by atoms with Crippen LogP contribution in [0.25, 0.3) is 0 Å². The van der Waals surface area contributed by atoms with Crippen molar-refractivity contribution in [3.8, 4) is 5.88 Å². The molecule has 1 aromatic heterocycles. The molecule has 98 valence electrons. The van der Waals surface area contributed by atoms with Crippen molar-refractivity contribution in [1.29, 1.82) is 0 Å². The predicted molar refractivity (Wildman–Crippen MR) is 66.6 cm³/mol. The molecular weight excluding hydrogens is 232 g/mol. The zero-order chi connectivity index (χ0) is 12.8. The summed E-state index contributed by atoms with van der Waals surface area (Å²) < 4.78 is 5.68. The van der Waals surface area contributed by atoms with E-state index in [0.29, 0.717) is 18.1 Å². The Morgan fingerprint density at radius 2 is 2.44 bits per heavy atom. The summed E-state index contributed by atoms with van der Waals surface area (Å²) in [6, 6.07) is 3.32. The minimum absolute atomic E-state index is 0.142. The molecule has 0 spiro atoms. The zero-order valence-electron chi connectivity index (χ0n) is 10.5. The molecule has 0 radical (unpaired) electrons. The van der Waals surface area contributed by atoms with Crippen LogP contribution in [0.4, 0.5) is 0 Å². The van der Waals surface area contributed by atoms with Gasteiger partial charge in [0.15, 0.2) is 5.69 Å². The summed E-state index contributed by atoms with van der Waals surface area (Å²) in [4.78, 5) is 11.5. The van der Waals surface area contributed by atoms with Gasteiger partial charge in [-0.1, -0.05) is 0 Å². The quantitative estimate of drug-likeness (QED) is 0.806. The van der Waals surface area contributed by atoms with Crippen molar-refractivity contribution in [3.63, 3.8) is 0 Å². The van der Waals surface area contributed by atoms with Crippen LogP contribution in [-0.2, 0) is 0 Å². The van der Waals surface area contributed by atoms with Gasteiger partial charge < -0.3 is 15.4 Å². The van der Waals surface area contributed by atoms with E-state index in [4.69, 9.17) is 4.74 Å². The third-order valence-corrected chi connectivity index (χ3v) is 2.75. The lowest BCUT2D eigenvalue weighted by atomic mass is 10.1. The van der Waals surface area contributed by atoms with E-state index in [2.05, 4.69) is 20.8 Å². The largest absolute Gasteiger partial charge is 0.472 e. The Hall–Kier alpha value is -1.69. The zero-order valence-corrected chi connectivity index (χ0v) is 10.5. The van der Waals surface area contributed by atoms with Gasteiger partial charge in [0.1, 0.15) is 6.10 Å². The van der Waals surface area contributed by atoms with Crippen molar-refractivity contribution in [2.75, 3.05) is 19.6 Å². The van der Waals surface area contributed by atoms with Crippen molar-refractivity contribution in [2.24, 2.45) is 0 Å². The molecule has 0 bridgehead atoms. The van der Waals surface area contributed by atoms with Crippen LogP contribution in [0.2, 0.25) is 0 Å². The van der Waals surface area contributed by atoms with E-state index in [0.717, 1.165) is 25.9 Å². The van der Waals surface area contributed by atoms with E-state index >= 15 is 0 Å². The highest BCUT2D eigenvalue weighted by Crippen LogP contribution is 2.12. The average Bonchev–Trinajstić information content (AvgIpc) is 2.41. The number of rotatable bonds is 4. The number of nitrogens with zero attached hydrogens (tertiary/aromatic N) is 2. The van der Waals surface area contributed by atoms with E-state index in [1.807, 2.05) is 6.92 Å². The van der Waals surface area contributed by atoms with Gasteiger partial charge in [-0.25, -0.2) is 0 Å². The van der Waals surface area contributed by atoms with E-state index in [1.165, 1.54) is 0 Å². The summed E-state index contributed by atoms with van der Waals surface area (Å²) in [5, 5.41) is 13.7. The first-order valence-electron chi connectivity index (χ1n) is 6.29. The first kappa shape index (κ1) is 12.8. The first-order valence-corrected chi connectivity index (χ1v) is 6.29. The van der Waals surface area contributed by atoms with Crippen molar-refractivity contribution in [2.45, 2.75) is 25.9 Å². The SMILES string of the molecule is CCNC(=O)c1ccc(O[C@H]2CCCNC2)nn1. The average molecular weight is 250 g/mol. The van der Waals surface area contributed by atoms with Crippen LogP contribution in [0, 0.1) is 0 Å². The van der Waals surface area contributed by atoms with Crippen LogP contribution < -0.4 is 15.4 Å². The van der Waals surface area contributed by atoms with Gasteiger partial charge in [0.25, 0.3) is 5.91 Å². The molecule has 1 atom stereocenters. The summed E-state index contributed by atoms with van der Waals surface area (Å²) >= 11 is 0. The highest BCUT2D eigenvalue weighted by atomic mass is 16.5. The lowest BCUT2D eigenvalue weighted by Crippen LogP contribution is -2.37. The van der Waals surface area contributed by atoms with E-state index in [1.54, 1.807) is 12.1 Å². The lowest BCUT2D eigenvalue weighted by molar-refractivity contribution is 0.0949. The molecule has 1 aliphatic rings. The molecule has 1 aromatic rings. The summed E-state index contributed by atoms with van der Waals surface area (Å²) in [5.74, 6) is 0.257. The maximum Gasteiger partial charge on any atom is 0.271 e. The number of hydrogen-bond donors (Lipinski definition) is 2. The number of amides is 1. The van der Waals surface area contributed by atoms with E-state index in [9.17, 15) is 4.79 Å². The second kappa shape index (κ2) is 6.30. The second-order valence-corrected chi connectivity index (χ2v) is 4.20. The molecule has 2 heterocycles. The number of aromatic nitrogens is 2. The molecule has 1 amide bonds. The Balaban J connectivity index is 1.92. The molecule has 0 unspecified atom stereocenters. The van der Waals surface area contributed by atoms with Crippen LogP contribution in [0.3, 0.4) is 0 Å². The second-order valence-electron chi connectivity index (χ2n) is 4.20. The number of carbonyl (C=O) groups excluding carboxylic acids is 1. The molecule has 0 aromatic carbocycles. The summed E-state index contributed by atoms with van der Waals surface area (Å²) in [5.41, 5.74) is 0.311. The monoisotopic (exact) mass is 250 g/mol. The number of ether oxygens (including phenoxy) is 1. The van der Waals surface area contributed by atoms with Gasteiger partial charge in [-0.2, -0.15) is 0 Å². The Morgan fingerprint density at radius 1 is 1.56 bits per heavy atom. The standard InChI is InChI=1S/C12H18N4O2/c1-2-14-12(17)10-5-6-11(16-15-10)18-9-4-3-7-13-8-9/h5-6,9,13H,2-4,7-8H2,1H3,(H,14,17)/t9-/m0/s1. The van der Waals surface area contributed by atoms with Crippen molar-refractivity contribution in [1.82, 2.24) is 20.8 Å². The third kappa shape index (κ3) is 3.40. The predicted octanol–water partition coefficient (Wildman–Crippen LogP) is 0.357. The first-order chi connectivity index (χ1) is 8.79. The molecule has 6 heteroatoms. The van der Waals surface area contributed by atoms with Crippen LogP contribution in [0.5, 0.6) is 5.88 Å². The highest BCUT2D eigenvalue weighted by Gasteiger charge is 2.15. The van der Waals surface area contributed by atoms with Crippen LogP contribution in [-0.4, -0.2) is 41.8 Å². The summed E-state index contributed by atoms with van der Waals surface area (Å²) in [6.45, 7) is 4.31. The van der Waals surface area contributed by atoms with Crippen molar-refractivity contribution >= 4 is 5.91 Å². The summed E-state index contributed by atoms with van der Waals surface area (Å²) in [7, 11) is 0. The van der Waals surface area contributed by atoms with Crippen LogP contribution in [0.1, 0.15) is 30.3 Å². The van der Waals surface area contributed by atoms with E-state index in [-0.39, 0.29) is 12.0 Å². The minimum Gasteiger partial charge on any atom is -0.472 e. The van der Waals surface area contributed by atoms with Gasteiger partial charge in [-0.3, -0.25) is 4.79 Å². The number of nitrogens with one attached hydrogen (secondary N) is 2. The van der Waals surface area contributed by atoms with Crippen LogP contribution in [0.15, 0.2) is 12.1 Å². The van der Waals surface area contributed by atoms with Gasteiger partial charge in [-0.15, -0.1) is 10.2 Å². The fraction of sp³-hybridized carbons (Fsp3) is 0.583. The maximum atomic E-state index is 11.5. The highest BCUT2D eigenvalue weighted by molar-refractivity contribution is 5.91. The molecule has 18 heavy (non-hydrogen) atoms. The molecule has 1 aliphatic heterocycles. The molecular formula is C12H18N4O2.